The van der Waals surface area contributed by atoms with Gasteiger partial charge in [-0.1, -0.05) is 0 Å². The van der Waals surface area contributed by atoms with Crippen LogP contribution in [0.15, 0.2) is 18.3 Å². The van der Waals surface area contributed by atoms with E-state index in [0.717, 1.165) is 10.9 Å². The third kappa shape index (κ3) is 1.08. The zero-order chi connectivity index (χ0) is 9.42. The van der Waals surface area contributed by atoms with Gasteiger partial charge in [0.1, 0.15) is 0 Å². The lowest BCUT2D eigenvalue weighted by Crippen LogP contribution is -1.91. The number of fused-ring (bicyclic) bond motifs is 1. The molecule has 0 bridgehead atoms. The molecule has 0 fully saturated rings. The molecule has 0 amide bonds. The first-order valence-corrected chi connectivity index (χ1v) is 4.04. The Morgan fingerprint density at radius 3 is 2.92 bits per heavy atom. The van der Waals surface area contributed by atoms with Crippen molar-refractivity contribution in [3.05, 3.63) is 29.7 Å². The van der Waals surface area contributed by atoms with E-state index in [1.165, 1.54) is 7.11 Å². The lowest BCUT2D eigenvalue weighted by molar-refractivity contribution is 0.386. The number of ether oxygens (including phenoxy) is 1. The standard InChI is InChI=1S/C10H10FNO/c1-6-9(11)8(13-2)5-7-3-4-12-10(6)7/h3-5,12H,1-2H3. The highest BCUT2D eigenvalue weighted by molar-refractivity contribution is 5.84. The molecule has 1 N–H and O–H groups in total. The maximum absolute atomic E-state index is 13.5. The molecule has 68 valence electrons. The third-order valence-corrected chi connectivity index (χ3v) is 2.21. The molecule has 0 atom stereocenters. The van der Waals surface area contributed by atoms with Crippen molar-refractivity contribution in [3.8, 4) is 5.75 Å². The molecule has 0 aliphatic carbocycles. The zero-order valence-electron chi connectivity index (χ0n) is 7.52. The van der Waals surface area contributed by atoms with Gasteiger partial charge in [0.15, 0.2) is 11.6 Å². The van der Waals surface area contributed by atoms with Crippen LogP contribution < -0.4 is 4.74 Å². The van der Waals surface area contributed by atoms with Crippen LogP contribution >= 0.6 is 0 Å². The molecule has 0 aliphatic heterocycles. The van der Waals surface area contributed by atoms with Gasteiger partial charge in [-0.2, -0.15) is 0 Å². The minimum Gasteiger partial charge on any atom is -0.494 e. The first-order valence-electron chi connectivity index (χ1n) is 4.04. The first-order chi connectivity index (χ1) is 6.24. The summed E-state index contributed by atoms with van der Waals surface area (Å²) in [4.78, 5) is 2.98. The van der Waals surface area contributed by atoms with Crippen LogP contribution in [-0.4, -0.2) is 12.1 Å². The molecule has 13 heavy (non-hydrogen) atoms. The van der Waals surface area contributed by atoms with Crippen molar-refractivity contribution >= 4 is 10.9 Å². The van der Waals surface area contributed by atoms with Crippen LogP contribution in [0.4, 0.5) is 4.39 Å². The van der Waals surface area contributed by atoms with Gasteiger partial charge in [-0.05, 0) is 19.1 Å². The summed E-state index contributed by atoms with van der Waals surface area (Å²) in [5.74, 6) is 0.00190. The molecule has 0 aliphatic rings. The molecule has 0 radical (unpaired) electrons. The number of aromatic amines is 1. The van der Waals surface area contributed by atoms with Crippen molar-refractivity contribution in [3.63, 3.8) is 0 Å². The molecule has 0 spiro atoms. The largest absolute Gasteiger partial charge is 0.494 e. The summed E-state index contributed by atoms with van der Waals surface area (Å²) in [7, 11) is 1.47. The van der Waals surface area contributed by atoms with E-state index in [1.54, 1.807) is 19.2 Å². The lowest BCUT2D eigenvalue weighted by atomic mass is 10.1. The second-order valence-electron chi connectivity index (χ2n) is 2.96. The van der Waals surface area contributed by atoms with E-state index in [0.29, 0.717) is 11.3 Å². The monoisotopic (exact) mass is 179 g/mol. The van der Waals surface area contributed by atoms with E-state index < -0.39 is 0 Å². The Labute approximate surface area is 75.3 Å². The third-order valence-electron chi connectivity index (χ3n) is 2.21. The van der Waals surface area contributed by atoms with Crippen LogP contribution in [-0.2, 0) is 0 Å². The predicted molar refractivity (Wildman–Crippen MR) is 49.5 cm³/mol. The minimum atomic E-state index is -0.294. The van der Waals surface area contributed by atoms with Crippen LogP contribution in [0.1, 0.15) is 5.56 Å². The Kier molecular flexibility index (Phi) is 1.72. The van der Waals surface area contributed by atoms with E-state index in [9.17, 15) is 4.39 Å². The average Bonchev–Trinajstić information content (AvgIpc) is 2.59. The summed E-state index contributed by atoms with van der Waals surface area (Å²) >= 11 is 0. The fraction of sp³-hybridized carbons (Fsp3) is 0.200. The predicted octanol–water partition coefficient (Wildman–Crippen LogP) is 2.62. The number of methoxy groups -OCH3 is 1. The molecular weight excluding hydrogens is 169 g/mol. The number of hydrogen-bond donors (Lipinski definition) is 1. The normalized spacial score (nSPS) is 10.7. The molecule has 1 heterocycles. The molecule has 3 heteroatoms. The van der Waals surface area contributed by atoms with Crippen molar-refractivity contribution in [1.82, 2.24) is 4.98 Å². The smallest absolute Gasteiger partial charge is 0.170 e. The van der Waals surface area contributed by atoms with Crippen molar-refractivity contribution in [2.24, 2.45) is 0 Å². The van der Waals surface area contributed by atoms with Gasteiger partial charge < -0.3 is 9.72 Å². The van der Waals surface area contributed by atoms with Crippen molar-refractivity contribution in [2.75, 3.05) is 7.11 Å². The first kappa shape index (κ1) is 8.10. The molecule has 0 saturated heterocycles. The highest BCUT2D eigenvalue weighted by Crippen LogP contribution is 2.27. The number of aryl methyl sites for hydroxylation is 1. The van der Waals surface area contributed by atoms with Crippen LogP contribution in [0.2, 0.25) is 0 Å². The summed E-state index contributed by atoms with van der Waals surface area (Å²) in [6, 6.07) is 3.58. The Bertz CT molecular complexity index is 447. The Balaban J connectivity index is 2.83. The maximum atomic E-state index is 13.5. The summed E-state index contributed by atoms with van der Waals surface area (Å²) in [5.41, 5.74) is 1.43. The van der Waals surface area contributed by atoms with Gasteiger partial charge in [-0.25, -0.2) is 4.39 Å². The Hall–Kier alpha value is -1.51. The maximum Gasteiger partial charge on any atom is 0.170 e. The second-order valence-corrected chi connectivity index (χ2v) is 2.96. The quantitative estimate of drug-likeness (QED) is 0.715. The highest BCUT2D eigenvalue weighted by atomic mass is 19.1. The highest BCUT2D eigenvalue weighted by Gasteiger charge is 2.10. The van der Waals surface area contributed by atoms with Crippen molar-refractivity contribution in [2.45, 2.75) is 6.92 Å². The fourth-order valence-corrected chi connectivity index (χ4v) is 1.47. The lowest BCUT2D eigenvalue weighted by Gasteiger charge is -2.05. The fourth-order valence-electron chi connectivity index (χ4n) is 1.47. The summed E-state index contributed by atoms with van der Waals surface area (Å²) < 4.78 is 18.4. The number of benzene rings is 1. The SMILES string of the molecule is COc1cc2cc[nH]c2c(C)c1F. The number of rotatable bonds is 1. The molecule has 0 saturated carbocycles. The van der Waals surface area contributed by atoms with E-state index in [4.69, 9.17) is 4.74 Å². The van der Waals surface area contributed by atoms with Gasteiger partial charge in [0.05, 0.1) is 12.6 Å². The average molecular weight is 179 g/mol. The van der Waals surface area contributed by atoms with Gasteiger partial charge >= 0.3 is 0 Å². The zero-order valence-corrected chi connectivity index (χ0v) is 7.52. The summed E-state index contributed by atoms with van der Waals surface area (Å²) in [6.45, 7) is 1.73. The number of nitrogens with one attached hydrogen (secondary N) is 1. The van der Waals surface area contributed by atoms with Crippen LogP contribution in [0.5, 0.6) is 5.75 Å². The molecule has 1 aromatic carbocycles. The van der Waals surface area contributed by atoms with Crippen molar-refractivity contribution in [1.29, 1.82) is 0 Å². The van der Waals surface area contributed by atoms with E-state index in [-0.39, 0.29) is 5.82 Å². The number of aromatic nitrogens is 1. The van der Waals surface area contributed by atoms with Crippen molar-refractivity contribution < 1.29 is 9.13 Å². The van der Waals surface area contributed by atoms with Crippen LogP contribution in [0.25, 0.3) is 10.9 Å². The Morgan fingerprint density at radius 2 is 2.23 bits per heavy atom. The van der Waals surface area contributed by atoms with Gasteiger partial charge in [0, 0.05) is 17.1 Å². The van der Waals surface area contributed by atoms with Gasteiger partial charge in [0.25, 0.3) is 0 Å². The van der Waals surface area contributed by atoms with Crippen LogP contribution in [0.3, 0.4) is 0 Å². The molecule has 2 nitrogen and oxygen atoms in total. The van der Waals surface area contributed by atoms with E-state index in [1.807, 2.05) is 6.07 Å². The topological polar surface area (TPSA) is 25.0 Å². The van der Waals surface area contributed by atoms with Gasteiger partial charge in [-0.3, -0.25) is 0 Å². The van der Waals surface area contributed by atoms with E-state index in [2.05, 4.69) is 4.98 Å². The summed E-state index contributed by atoms with van der Waals surface area (Å²) in [5, 5.41) is 0.968. The van der Waals surface area contributed by atoms with Crippen LogP contribution in [0, 0.1) is 12.7 Å². The number of halogens is 1. The summed E-state index contributed by atoms with van der Waals surface area (Å²) in [6.07, 6.45) is 1.79. The van der Waals surface area contributed by atoms with E-state index >= 15 is 0 Å². The van der Waals surface area contributed by atoms with Gasteiger partial charge in [-0.15, -0.1) is 0 Å². The minimum absolute atomic E-state index is 0.294. The molecular formula is C10H10FNO. The second kappa shape index (κ2) is 2.76. The molecule has 0 unspecified atom stereocenters. The Morgan fingerprint density at radius 1 is 1.46 bits per heavy atom. The molecule has 2 rings (SSSR count). The molecule has 1 aromatic heterocycles. The number of H-pyrrole nitrogens is 1. The number of hydrogen-bond acceptors (Lipinski definition) is 1. The van der Waals surface area contributed by atoms with Gasteiger partial charge in [0.2, 0.25) is 0 Å². The molecule has 2 aromatic rings.